The molecule has 0 aliphatic heterocycles. The largest absolute Gasteiger partial charge is 1.00 e. The summed E-state index contributed by atoms with van der Waals surface area (Å²) >= 11 is 0. The number of carbonyl (C=O) groups excluding carboxylic acids is 1. The Kier molecular flexibility index (Phi) is 8.88. The zero-order valence-electron chi connectivity index (χ0n) is 13.8. The number of nitrogens with one attached hydrogen (secondary N) is 1. The van der Waals surface area contributed by atoms with E-state index < -0.39 is 27.3 Å². The average molecular weight is 333 g/mol. The summed E-state index contributed by atoms with van der Waals surface area (Å²) in [7, 11) is -4.21. The van der Waals surface area contributed by atoms with Gasteiger partial charge < -0.3 is 6.74 Å². The van der Waals surface area contributed by atoms with E-state index in [4.69, 9.17) is 4.55 Å². The number of benzene rings is 1. The number of hydrogen-bond donors (Lipinski definition) is 2. The van der Waals surface area contributed by atoms with Crippen LogP contribution in [0.1, 0.15) is 20.3 Å². The Morgan fingerprint density at radius 1 is 1.41 bits per heavy atom. The van der Waals surface area contributed by atoms with Crippen molar-refractivity contribution in [3.05, 3.63) is 54.6 Å². The minimum atomic E-state index is -4.21. The van der Waals surface area contributed by atoms with Gasteiger partial charge in [-0.05, 0) is 25.0 Å². The van der Waals surface area contributed by atoms with Crippen LogP contribution in [0.15, 0.2) is 49.1 Å². The van der Waals surface area contributed by atoms with Crippen molar-refractivity contribution in [2.24, 2.45) is 0 Å². The van der Waals surface area contributed by atoms with E-state index in [0.717, 1.165) is 11.6 Å². The third-order valence-electron chi connectivity index (χ3n) is 2.79. The fourth-order valence-electron chi connectivity index (χ4n) is 1.92. The summed E-state index contributed by atoms with van der Waals surface area (Å²) in [6.07, 6.45) is 4.89. The maximum atomic E-state index is 11.4. The summed E-state index contributed by atoms with van der Waals surface area (Å²) in [5, 5.41) is 2.54. The summed E-state index contributed by atoms with van der Waals surface area (Å²) < 4.78 is 31.2. The molecule has 0 radical (unpaired) electrons. The number of rotatable bonds is 7. The van der Waals surface area contributed by atoms with Crippen LogP contribution in [-0.2, 0) is 14.9 Å². The molecule has 0 aromatic heterocycles. The molecule has 0 bridgehead atoms. The molecular weight excluding hydrogens is 313 g/mol. The fraction of sp³-hybridized carbons (Fsp3) is 0.267. The van der Waals surface area contributed by atoms with Crippen molar-refractivity contribution in [1.29, 1.82) is 0 Å². The van der Waals surface area contributed by atoms with E-state index >= 15 is 0 Å². The van der Waals surface area contributed by atoms with Crippen molar-refractivity contribution in [2.45, 2.75) is 18.9 Å². The van der Waals surface area contributed by atoms with Gasteiger partial charge >= 0.3 is 29.6 Å². The van der Waals surface area contributed by atoms with Gasteiger partial charge in [-0.2, -0.15) is 8.42 Å². The van der Waals surface area contributed by atoms with E-state index in [1.807, 2.05) is 36.4 Å². The number of hydrogen-bond acceptors (Lipinski definition) is 3. The maximum absolute atomic E-state index is 11.4. The van der Waals surface area contributed by atoms with Gasteiger partial charge in [0.25, 0.3) is 10.1 Å². The number of carbonyl (C=O) groups is 1. The smallest absolute Gasteiger partial charge is 1.00 e. The Balaban J connectivity index is 0. The van der Waals surface area contributed by atoms with Gasteiger partial charge in [-0.1, -0.05) is 49.1 Å². The van der Waals surface area contributed by atoms with Crippen molar-refractivity contribution in [3.8, 4) is 0 Å². The van der Waals surface area contributed by atoms with Crippen molar-refractivity contribution >= 4 is 22.1 Å². The molecular formula is C15H20NNaO4S. The quantitative estimate of drug-likeness (QED) is 0.387. The molecule has 0 heterocycles. The fourth-order valence-corrected chi connectivity index (χ4v) is 2.91. The third-order valence-corrected chi connectivity index (χ3v) is 3.79. The van der Waals surface area contributed by atoms with Gasteiger partial charge in [0.1, 0.15) is 0 Å². The summed E-state index contributed by atoms with van der Waals surface area (Å²) in [5.74, 6) is -1.06. The van der Waals surface area contributed by atoms with E-state index in [1.54, 1.807) is 13.0 Å². The van der Waals surface area contributed by atoms with E-state index in [0.29, 0.717) is 0 Å². The van der Waals surface area contributed by atoms with Crippen LogP contribution in [0, 0.1) is 0 Å². The van der Waals surface area contributed by atoms with Crippen molar-refractivity contribution in [2.75, 3.05) is 5.75 Å². The Morgan fingerprint density at radius 3 is 2.50 bits per heavy atom. The molecule has 0 aliphatic carbocycles. The van der Waals surface area contributed by atoms with E-state index in [2.05, 4.69) is 11.9 Å². The van der Waals surface area contributed by atoms with Crippen LogP contribution in [0.4, 0.5) is 0 Å². The molecule has 1 amide bonds. The molecule has 1 rings (SSSR count). The van der Waals surface area contributed by atoms with Gasteiger partial charge in [0.2, 0.25) is 5.91 Å². The van der Waals surface area contributed by atoms with Gasteiger partial charge in [-0.3, -0.25) is 9.35 Å². The van der Waals surface area contributed by atoms with Crippen LogP contribution in [0.5, 0.6) is 0 Å². The first-order valence-corrected chi connectivity index (χ1v) is 7.96. The molecule has 0 saturated carbocycles. The molecule has 5 nitrogen and oxygen atoms in total. The van der Waals surface area contributed by atoms with Crippen LogP contribution in [0.3, 0.4) is 0 Å². The molecule has 1 aromatic carbocycles. The zero-order valence-corrected chi connectivity index (χ0v) is 15.6. The van der Waals surface area contributed by atoms with Crippen LogP contribution >= 0.6 is 0 Å². The Bertz CT molecular complexity index is 634. The molecule has 0 spiro atoms. The summed E-state index contributed by atoms with van der Waals surface area (Å²) in [6.45, 7) is 4.88. The van der Waals surface area contributed by atoms with E-state index in [1.165, 1.54) is 0 Å². The second-order valence-corrected chi connectivity index (χ2v) is 6.45. The second kappa shape index (κ2) is 9.27. The van der Waals surface area contributed by atoms with Gasteiger partial charge in [-0.15, -0.1) is 0 Å². The molecule has 1 atom stereocenters. The molecule has 22 heavy (non-hydrogen) atoms. The third kappa shape index (κ3) is 8.51. The molecule has 7 heteroatoms. The first kappa shape index (κ1) is 21.1. The van der Waals surface area contributed by atoms with Crippen molar-refractivity contribution in [3.63, 3.8) is 0 Å². The predicted molar refractivity (Wildman–Crippen MR) is 84.4 cm³/mol. The predicted octanol–water partition coefficient (Wildman–Crippen LogP) is -0.845. The molecule has 0 aliphatic rings. The molecule has 2 N–H and O–H groups in total. The summed E-state index contributed by atoms with van der Waals surface area (Å²) in [5.41, 5.74) is -0.147. The molecule has 0 fully saturated rings. The molecule has 1 unspecified atom stereocenters. The summed E-state index contributed by atoms with van der Waals surface area (Å²) in [6, 6.07) is 9.47. The first-order chi connectivity index (χ1) is 9.74. The monoisotopic (exact) mass is 333 g/mol. The minimum absolute atomic E-state index is 0. The van der Waals surface area contributed by atoms with Gasteiger partial charge in [0.05, 0.1) is 11.3 Å². The standard InChI is InChI=1S/C15H19NO4S.Na.H/c1-3-14(17)16-15(2,12-21(18,19)20)11-7-10-13-8-5-4-6-9-13;;/h3-10H,1,11-12H2,2H3,(H,16,17)(H,18,19,20);;/q;+1;-1. The Morgan fingerprint density at radius 2 is 2.00 bits per heavy atom. The molecule has 116 valence electrons. The molecule has 1 aromatic rings. The van der Waals surface area contributed by atoms with Crippen molar-refractivity contribution in [1.82, 2.24) is 5.32 Å². The minimum Gasteiger partial charge on any atom is -1.00 e. The van der Waals surface area contributed by atoms with E-state index in [-0.39, 0.29) is 37.4 Å². The van der Waals surface area contributed by atoms with Gasteiger partial charge in [0, 0.05) is 0 Å². The second-order valence-electron chi connectivity index (χ2n) is 5.00. The maximum Gasteiger partial charge on any atom is 1.00 e. The van der Waals surface area contributed by atoms with Crippen LogP contribution in [-0.4, -0.2) is 30.2 Å². The van der Waals surface area contributed by atoms with Gasteiger partial charge in [0.15, 0.2) is 0 Å². The van der Waals surface area contributed by atoms with Crippen molar-refractivity contribution < 1.29 is 48.7 Å². The average Bonchev–Trinajstić information content (AvgIpc) is 2.37. The Hall–Kier alpha value is -0.920. The summed E-state index contributed by atoms with van der Waals surface area (Å²) in [4.78, 5) is 11.4. The van der Waals surface area contributed by atoms with Crippen LogP contribution < -0.4 is 34.9 Å². The molecule has 0 saturated heterocycles. The SMILES string of the molecule is C=CC(=O)NC(C)(CC=Cc1ccccc1)CS(=O)(=O)O.[H-].[Na+]. The van der Waals surface area contributed by atoms with Crippen LogP contribution in [0.25, 0.3) is 6.08 Å². The topological polar surface area (TPSA) is 83.5 Å². The van der Waals surface area contributed by atoms with Gasteiger partial charge in [-0.25, -0.2) is 0 Å². The normalized spacial score (nSPS) is 13.9. The van der Waals surface area contributed by atoms with E-state index in [9.17, 15) is 13.2 Å². The zero-order chi connectivity index (χ0) is 15.9. The first-order valence-electron chi connectivity index (χ1n) is 6.35. The number of amides is 1. The van der Waals surface area contributed by atoms with Crippen LogP contribution in [0.2, 0.25) is 0 Å². The Labute approximate surface area is 155 Å².